The molecule has 6 nitrogen and oxygen atoms in total. The molecule has 0 bridgehead atoms. The predicted octanol–water partition coefficient (Wildman–Crippen LogP) is 4.78. The molecule has 0 radical (unpaired) electrons. The van der Waals surface area contributed by atoms with Gasteiger partial charge in [0.2, 0.25) is 12.7 Å². The molecule has 0 saturated heterocycles. The molecule has 0 saturated carbocycles. The zero-order valence-corrected chi connectivity index (χ0v) is 18.5. The number of ether oxygens (including phenoxy) is 2. The number of halogens is 3. The average molecular weight is 459 g/mol. The van der Waals surface area contributed by atoms with Gasteiger partial charge in [-0.05, 0) is 48.0 Å². The van der Waals surface area contributed by atoms with Gasteiger partial charge in [0.15, 0.2) is 11.5 Å². The molecule has 174 valence electrons. The first-order valence-electron chi connectivity index (χ1n) is 10.4. The van der Waals surface area contributed by atoms with Gasteiger partial charge in [0, 0.05) is 5.41 Å². The summed E-state index contributed by atoms with van der Waals surface area (Å²) >= 11 is 0. The number of rotatable bonds is 5. The molecule has 3 aromatic rings. The van der Waals surface area contributed by atoms with Crippen molar-refractivity contribution in [3.63, 3.8) is 0 Å². The van der Waals surface area contributed by atoms with Crippen molar-refractivity contribution in [2.75, 3.05) is 6.79 Å². The average Bonchev–Trinajstić information content (AvgIpc) is 3.38. The molecule has 4 rings (SSSR count). The molecule has 1 amide bonds. The highest BCUT2D eigenvalue weighted by molar-refractivity contribution is 5.78. The second kappa shape index (κ2) is 8.46. The fourth-order valence-electron chi connectivity index (χ4n) is 3.42. The maximum atomic E-state index is 12.9. The molecule has 1 aliphatic rings. The first kappa shape index (κ1) is 22.7. The fourth-order valence-corrected chi connectivity index (χ4v) is 3.42. The third-order valence-electron chi connectivity index (χ3n) is 5.26. The predicted molar refractivity (Wildman–Crippen MR) is 115 cm³/mol. The van der Waals surface area contributed by atoms with Gasteiger partial charge in [0.25, 0.3) is 0 Å². The number of hydrogen-bond acceptors (Lipinski definition) is 4. The highest BCUT2D eigenvalue weighted by atomic mass is 19.4. The second-order valence-electron chi connectivity index (χ2n) is 8.87. The van der Waals surface area contributed by atoms with Crippen molar-refractivity contribution in [2.24, 2.45) is 0 Å². The Morgan fingerprint density at radius 2 is 1.73 bits per heavy atom. The van der Waals surface area contributed by atoms with Crippen LogP contribution in [-0.4, -0.2) is 22.5 Å². The molecule has 1 aromatic heterocycles. The summed E-state index contributed by atoms with van der Waals surface area (Å²) in [5.74, 6) is 1.05. The third kappa shape index (κ3) is 5.13. The fraction of sp³-hybridized carbons (Fsp3) is 0.333. The number of carbonyl (C=O) groups is 1. The van der Waals surface area contributed by atoms with Crippen LogP contribution in [0.1, 0.15) is 43.3 Å². The highest BCUT2D eigenvalue weighted by Gasteiger charge is 2.30. The highest BCUT2D eigenvalue weighted by Crippen LogP contribution is 2.33. The number of aromatic nitrogens is 2. The Kier molecular flexibility index (Phi) is 5.82. The van der Waals surface area contributed by atoms with Gasteiger partial charge in [-0.2, -0.15) is 18.3 Å². The van der Waals surface area contributed by atoms with Gasteiger partial charge in [-0.3, -0.25) is 4.79 Å². The van der Waals surface area contributed by atoms with Gasteiger partial charge >= 0.3 is 6.18 Å². The summed E-state index contributed by atoms with van der Waals surface area (Å²) < 4.78 is 51.0. The molecular weight excluding hydrogens is 435 g/mol. The largest absolute Gasteiger partial charge is 0.454 e. The molecule has 0 atom stereocenters. The summed E-state index contributed by atoms with van der Waals surface area (Å²) in [5, 5.41) is 7.47. The third-order valence-corrected chi connectivity index (χ3v) is 5.26. The van der Waals surface area contributed by atoms with E-state index < -0.39 is 11.7 Å². The Morgan fingerprint density at radius 1 is 1.03 bits per heavy atom. The maximum absolute atomic E-state index is 12.9. The monoisotopic (exact) mass is 459 g/mol. The number of fused-ring (bicyclic) bond motifs is 1. The first-order chi connectivity index (χ1) is 15.5. The number of nitrogens with zero attached hydrogens (tertiary/aromatic N) is 2. The van der Waals surface area contributed by atoms with E-state index in [1.165, 1.54) is 12.1 Å². The molecule has 0 spiro atoms. The standard InChI is InChI=1S/C24H24F3N3O3/c1-23(2,3)21-12-18(30(29-21)17-7-5-16(6-8-17)24(25,26)27)13-28-22(31)11-15-4-9-19-20(10-15)33-14-32-19/h4-10,12H,11,13-14H2,1-3H3,(H,28,31). The molecule has 2 aromatic carbocycles. The lowest BCUT2D eigenvalue weighted by molar-refractivity contribution is -0.137. The van der Waals surface area contributed by atoms with Crippen LogP contribution in [0.15, 0.2) is 48.5 Å². The van der Waals surface area contributed by atoms with E-state index >= 15 is 0 Å². The van der Waals surface area contributed by atoms with Crippen LogP contribution in [0.5, 0.6) is 11.5 Å². The Labute approximate surface area is 189 Å². The summed E-state index contributed by atoms with van der Waals surface area (Å²) in [6.07, 6.45) is -4.26. The van der Waals surface area contributed by atoms with Crippen molar-refractivity contribution in [3.8, 4) is 17.2 Å². The molecule has 1 aliphatic heterocycles. The summed E-state index contributed by atoms with van der Waals surface area (Å²) in [6.45, 7) is 6.32. The smallest absolute Gasteiger partial charge is 0.416 e. The minimum atomic E-state index is -4.41. The normalized spacial score (nSPS) is 13.3. The summed E-state index contributed by atoms with van der Waals surface area (Å²) in [5.41, 5.74) is 1.69. The molecule has 9 heteroatoms. The zero-order chi connectivity index (χ0) is 23.8. The summed E-state index contributed by atoms with van der Waals surface area (Å²) in [4.78, 5) is 12.6. The van der Waals surface area contributed by atoms with Gasteiger partial charge in [0.1, 0.15) is 0 Å². The summed E-state index contributed by atoms with van der Waals surface area (Å²) in [7, 11) is 0. The Morgan fingerprint density at radius 3 is 2.39 bits per heavy atom. The van der Waals surface area contributed by atoms with Crippen LogP contribution in [0.2, 0.25) is 0 Å². The topological polar surface area (TPSA) is 65.4 Å². The Hall–Kier alpha value is -3.49. The number of amides is 1. The van der Waals surface area contributed by atoms with Crippen LogP contribution in [0, 0.1) is 0 Å². The van der Waals surface area contributed by atoms with E-state index in [0.29, 0.717) is 22.9 Å². The number of nitrogens with one attached hydrogen (secondary N) is 1. The van der Waals surface area contributed by atoms with E-state index in [-0.39, 0.29) is 31.1 Å². The van der Waals surface area contributed by atoms with Crippen molar-refractivity contribution < 1.29 is 27.4 Å². The van der Waals surface area contributed by atoms with Gasteiger partial charge in [-0.1, -0.05) is 26.8 Å². The van der Waals surface area contributed by atoms with Crippen LogP contribution < -0.4 is 14.8 Å². The van der Waals surface area contributed by atoms with Gasteiger partial charge in [-0.15, -0.1) is 0 Å². The lowest BCUT2D eigenvalue weighted by atomic mass is 9.92. The van der Waals surface area contributed by atoms with Crippen LogP contribution in [0.4, 0.5) is 13.2 Å². The Balaban J connectivity index is 1.51. The van der Waals surface area contributed by atoms with Crippen LogP contribution in [0.3, 0.4) is 0 Å². The molecular formula is C24H24F3N3O3. The second-order valence-corrected chi connectivity index (χ2v) is 8.87. The summed E-state index contributed by atoms with van der Waals surface area (Å²) in [6, 6.07) is 12.0. The van der Waals surface area contributed by atoms with Gasteiger partial charge in [0.05, 0.1) is 35.6 Å². The van der Waals surface area contributed by atoms with Crippen LogP contribution >= 0.6 is 0 Å². The molecule has 2 heterocycles. The van der Waals surface area contributed by atoms with Crippen molar-refractivity contribution in [1.82, 2.24) is 15.1 Å². The molecule has 1 N–H and O–H groups in total. The van der Waals surface area contributed by atoms with Crippen LogP contribution in [-0.2, 0) is 29.4 Å². The molecule has 0 aliphatic carbocycles. The zero-order valence-electron chi connectivity index (χ0n) is 18.5. The van der Waals surface area contributed by atoms with Gasteiger partial charge < -0.3 is 14.8 Å². The van der Waals surface area contributed by atoms with Crippen molar-refractivity contribution >= 4 is 5.91 Å². The van der Waals surface area contributed by atoms with Crippen molar-refractivity contribution in [2.45, 2.75) is 45.3 Å². The van der Waals surface area contributed by atoms with E-state index in [1.807, 2.05) is 26.8 Å². The Bertz CT molecular complexity index is 1160. The molecule has 0 unspecified atom stereocenters. The van der Waals surface area contributed by atoms with Crippen LogP contribution in [0.25, 0.3) is 5.69 Å². The molecule has 33 heavy (non-hydrogen) atoms. The first-order valence-corrected chi connectivity index (χ1v) is 10.4. The number of carbonyl (C=O) groups excluding carboxylic acids is 1. The van der Waals surface area contributed by atoms with E-state index in [1.54, 1.807) is 22.9 Å². The number of benzene rings is 2. The maximum Gasteiger partial charge on any atom is 0.416 e. The SMILES string of the molecule is CC(C)(C)c1cc(CNC(=O)Cc2ccc3c(c2)OCO3)n(-c2ccc(C(F)(F)F)cc2)n1. The van der Waals surface area contributed by atoms with Gasteiger partial charge in [-0.25, -0.2) is 4.68 Å². The van der Waals surface area contributed by atoms with Crippen molar-refractivity contribution in [3.05, 3.63) is 71.0 Å². The van der Waals surface area contributed by atoms with E-state index in [0.717, 1.165) is 23.4 Å². The van der Waals surface area contributed by atoms with E-state index in [9.17, 15) is 18.0 Å². The quantitative estimate of drug-likeness (QED) is 0.597. The van der Waals surface area contributed by atoms with E-state index in [4.69, 9.17) is 9.47 Å². The van der Waals surface area contributed by atoms with Crippen molar-refractivity contribution in [1.29, 1.82) is 0 Å². The van der Waals surface area contributed by atoms with E-state index in [2.05, 4.69) is 10.4 Å². The lowest BCUT2D eigenvalue weighted by Gasteiger charge is -2.14. The minimum Gasteiger partial charge on any atom is -0.454 e. The number of alkyl halides is 3. The minimum absolute atomic E-state index is 0.150. The number of hydrogen-bond donors (Lipinski definition) is 1. The lowest BCUT2D eigenvalue weighted by Crippen LogP contribution is -2.25. The molecule has 0 fully saturated rings.